The Balaban J connectivity index is 0.00000156. The molecule has 1 aromatic carbocycles. The van der Waals surface area contributed by atoms with Crippen LogP contribution in [0.4, 0.5) is 5.69 Å². The van der Waals surface area contributed by atoms with Gasteiger partial charge >= 0.3 is 0 Å². The maximum absolute atomic E-state index is 12.4. The Labute approximate surface area is 169 Å². The molecule has 138 valence electrons. The first-order valence-electron chi connectivity index (χ1n) is 7.69. The summed E-state index contributed by atoms with van der Waals surface area (Å²) in [5.41, 5.74) is 7.41. The van der Waals surface area contributed by atoms with E-state index in [0.29, 0.717) is 6.42 Å². The predicted octanol–water partition coefficient (Wildman–Crippen LogP) is 3.71. The van der Waals surface area contributed by atoms with Gasteiger partial charge in [-0.2, -0.15) is 0 Å². The quantitative estimate of drug-likeness (QED) is 0.764. The first-order chi connectivity index (χ1) is 11.1. The fourth-order valence-electron chi connectivity index (χ4n) is 2.73. The number of anilines is 1. The van der Waals surface area contributed by atoms with Crippen LogP contribution >= 0.6 is 47.8 Å². The average Bonchev–Trinajstić information content (AvgIpc) is 2.95. The van der Waals surface area contributed by atoms with Gasteiger partial charge in [0.25, 0.3) is 0 Å². The average molecular weight is 423 g/mol. The maximum Gasteiger partial charge on any atom is 0.227 e. The van der Waals surface area contributed by atoms with Crippen LogP contribution in [0.15, 0.2) is 36.4 Å². The van der Waals surface area contributed by atoms with Crippen molar-refractivity contribution in [3.63, 3.8) is 0 Å². The summed E-state index contributed by atoms with van der Waals surface area (Å²) in [6, 6.07) is 11.5. The summed E-state index contributed by atoms with van der Waals surface area (Å²) in [6.45, 7) is 4.29. The van der Waals surface area contributed by atoms with Crippen molar-refractivity contribution in [2.24, 2.45) is 0 Å². The third kappa shape index (κ3) is 6.35. The Morgan fingerprint density at radius 2 is 1.68 bits per heavy atom. The molecular weight excluding hydrogens is 401 g/mol. The van der Waals surface area contributed by atoms with E-state index < -0.39 is 0 Å². The molecule has 0 spiro atoms. The molecule has 2 N–H and O–H groups in total. The monoisotopic (exact) mass is 421 g/mol. The Morgan fingerprint density at radius 3 is 2.24 bits per heavy atom. The van der Waals surface area contributed by atoms with Gasteiger partial charge in [-0.3, -0.25) is 9.69 Å². The summed E-state index contributed by atoms with van der Waals surface area (Å²) in [7, 11) is 0. The summed E-state index contributed by atoms with van der Waals surface area (Å²) < 4.78 is 0.831. The number of piperazine rings is 1. The van der Waals surface area contributed by atoms with Crippen molar-refractivity contribution in [3.05, 3.63) is 51.2 Å². The molecule has 1 aromatic heterocycles. The molecular formula is C17H22Cl3N3OS. The number of nitrogens with two attached hydrogens (primary N) is 1. The van der Waals surface area contributed by atoms with Crippen LogP contribution in [-0.4, -0.2) is 41.9 Å². The second kappa shape index (κ2) is 10.2. The lowest BCUT2D eigenvalue weighted by atomic mass is 10.1. The van der Waals surface area contributed by atoms with E-state index in [9.17, 15) is 4.79 Å². The van der Waals surface area contributed by atoms with E-state index in [0.717, 1.165) is 48.3 Å². The van der Waals surface area contributed by atoms with E-state index >= 15 is 0 Å². The van der Waals surface area contributed by atoms with Crippen molar-refractivity contribution in [1.82, 2.24) is 9.80 Å². The number of rotatable bonds is 4. The minimum Gasteiger partial charge on any atom is -0.399 e. The van der Waals surface area contributed by atoms with Crippen LogP contribution in [0.2, 0.25) is 4.34 Å². The van der Waals surface area contributed by atoms with Crippen LogP contribution in [0.3, 0.4) is 0 Å². The molecule has 1 amide bonds. The van der Waals surface area contributed by atoms with Crippen LogP contribution in [0.5, 0.6) is 0 Å². The molecule has 0 radical (unpaired) electrons. The highest BCUT2D eigenvalue weighted by molar-refractivity contribution is 7.16. The lowest BCUT2D eigenvalue weighted by Crippen LogP contribution is -2.48. The maximum atomic E-state index is 12.4. The zero-order valence-corrected chi connectivity index (χ0v) is 16.9. The second-order valence-electron chi connectivity index (χ2n) is 5.78. The highest BCUT2D eigenvalue weighted by Crippen LogP contribution is 2.23. The third-order valence-corrected chi connectivity index (χ3v) is 5.28. The van der Waals surface area contributed by atoms with Crippen LogP contribution in [0.25, 0.3) is 0 Å². The molecule has 1 aliphatic heterocycles. The number of hydrogen-bond donors (Lipinski definition) is 1. The SMILES string of the molecule is Cl.Cl.Nc1ccc(CC(=O)N2CCN(Cc3ccc(Cl)s3)CC2)cc1. The van der Waals surface area contributed by atoms with Crippen molar-refractivity contribution >= 4 is 59.3 Å². The molecule has 1 fully saturated rings. The minimum atomic E-state index is 0. The Morgan fingerprint density at radius 1 is 1.04 bits per heavy atom. The number of halogens is 3. The van der Waals surface area contributed by atoms with Gasteiger partial charge in [-0.15, -0.1) is 36.2 Å². The Hall–Kier alpha value is -0.980. The van der Waals surface area contributed by atoms with Gasteiger partial charge < -0.3 is 10.6 Å². The topological polar surface area (TPSA) is 49.6 Å². The zero-order chi connectivity index (χ0) is 16.2. The van der Waals surface area contributed by atoms with E-state index in [1.165, 1.54) is 4.88 Å². The number of benzene rings is 1. The van der Waals surface area contributed by atoms with Gasteiger partial charge in [0.15, 0.2) is 0 Å². The summed E-state index contributed by atoms with van der Waals surface area (Å²) in [4.78, 5) is 18.0. The molecule has 1 saturated heterocycles. The minimum absolute atomic E-state index is 0. The van der Waals surface area contributed by atoms with Gasteiger partial charge in [0.2, 0.25) is 5.91 Å². The number of nitrogen functional groups attached to an aromatic ring is 1. The van der Waals surface area contributed by atoms with E-state index in [-0.39, 0.29) is 30.7 Å². The number of amides is 1. The van der Waals surface area contributed by atoms with Gasteiger partial charge in [-0.05, 0) is 29.8 Å². The van der Waals surface area contributed by atoms with Crippen molar-refractivity contribution in [3.8, 4) is 0 Å². The molecule has 25 heavy (non-hydrogen) atoms. The summed E-state index contributed by atoms with van der Waals surface area (Å²) >= 11 is 7.59. The molecule has 3 rings (SSSR count). The van der Waals surface area contributed by atoms with Gasteiger partial charge in [0, 0.05) is 43.3 Å². The molecule has 1 aliphatic rings. The third-order valence-electron chi connectivity index (χ3n) is 4.07. The van der Waals surface area contributed by atoms with Crippen LogP contribution < -0.4 is 5.73 Å². The highest BCUT2D eigenvalue weighted by Gasteiger charge is 2.21. The van der Waals surface area contributed by atoms with Gasteiger partial charge in [0.05, 0.1) is 10.8 Å². The van der Waals surface area contributed by atoms with Crippen molar-refractivity contribution in [2.45, 2.75) is 13.0 Å². The molecule has 0 aliphatic carbocycles. The van der Waals surface area contributed by atoms with Crippen LogP contribution in [0.1, 0.15) is 10.4 Å². The largest absolute Gasteiger partial charge is 0.399 e. The smallest absolute Gasteiger partial charge is 0.227 e. The number of carbonyl (C=O) groups is 1. The second-order valence-corrected chi connectivity index (χ2v) is 7.58. The lowest BCUT2D eigenvalue weighted by Gasteiger charge is -2.34. The number of nitrogens with zero attached hydrogens (tertiary/aromatic N) is 2. The van der Waals surface area contributed by atoms with Crippen molar-refractivity contribution < 1.29 is 4.79 Å². The fourth-order valence-corrected chi connectivity index (χ4v) is 3.86. The van der Waals surface area contributed by atoms with Gasteiger partial charge in [-0.1, -0.05) is 23.7 Å². The van der Waals surface area contributed by atoms with E-state index in [2.05, 4.69) is 11.0 Å². The van der Waals surface area contributed by atoms with Crippen LogP contribution in [0, 0.1) is 0 Å². The summed E-state index contributed by atoms with van der Waals surface area (Å²) in [6.07, 6.45) is 0.445. The first kappa shape index (κ1) is 22.1. The van der Waals surface area contributed by atoms with E-state index in [1.54, 1.807) is 11.3 Å². The Bertz CT molecular complexity index is 670. The molecule has 0 unspecified atom stereocenters. The summed E-state index contributed by atoms with van der Waals surface area (Å²) in [5, 5.41) is 0. The van der Waals surface area contributed by atoms with Gasteiger partial charge in [0.1, 0.15) is 0 Å². The molecule has 4 nitrogen and oxygen atoms in total. The molecule has 0 bridgehead atoms. The number of thiophene rings is 1. The van der Waals surface area contributed by atoms with Crippen molar-refractivity contribution in [2.75, 3.05) is 31.9 Å². The van der Waals surface area contributed by atoms with E-state index in [4.69, 9.17) is 17.3 Å². The number of carbonyl (C=O) groups excluding carboxylic acids is 1. The normalized spacial score (nSPS) is 14.5. The molecule has 0 saturated carbocycles. The van der Waals surface area contributed by atoms with Crippen molar-refractivity contribution in [1.29, 1.82) is 0 Å². The summed E-state index contributed by atoms with van der Waals surface area (Å²) in [5.74, 6) is 0.189. The Kier molecular flexibility index (Phi) is 9.03. The number of hydrogen-bond acceptors (Lipinski definition) is 4. The molecule has 0 atom stereocenters. The predicted molar refractivity (Wildman–Crippen MR) is 110 cm³/mol. The van der Waals surface area contributed by atoms with Crippen LogP contribution in [-0.2, 0) is 17.8 Å². The fraction of sp³-hybridized carbons (Fsp3) is 0.353. The molecule has 8 heteroatoms. The van der Waals surface area contributed by atoms with E-state index in [1.807, 2.05) is 35.2 Å². The van der Waals surface area contributed by atoms with Gasteiger partial charge in [-0.25, -0.2) is 0 Å². The highest BCUT2D eigenvalue weighted by atomic mass is 35.5. The standard InChI is InChI=1S/C17H20ClN3OS.2ClH/c18-16-6-5-15(23-16)12-20-7-9-21(10-8-20)17(22)11-13-1-3-14(19)4-2-13;;/h1-6H,7-12,19H2;2*1H. The first-order valence-corrected chi connectivity index (χ1v) is 8.88. The molecule has 2 heterocycles. The zero-order valence-electron chi connectivity index (χ0n) is 13.7. The molecule has 2 aromatic rings. The lowest BCUT2D eigenvalue weighted by molar-refractivity contribution is -0.132.